The summed E-state index contributed by atoms with van der Waals surface area (Å²) in [4.78, 5) is 7.49. The van der Waals surface area contributed by atoms with Crippen LogP contribution in [0.5, 0.6) is 0 Å². The third-order valence-electron chi connectivity index (χ3n) is 5.74. The van der Waals surface area contributed by atoms with Crippen molar-refractivity contribution >= 4 is 16.5 Å². The molecule has 0 spiro atoms. The van der Waals surface area contributed by atoms with Gasteiger partial charge in [0, 0.05) is 29.4 Å². The van der Waals surface area contributed by atoms with Crippen LogP contribution in [-0.2, 0) is 6.54 Å². The van der Waals surface area contributed by atoms with E-state index in [4.69, 9.17) is 4.98 Å². The number of hydrogen-bond donors (Lipinski definition) is 0. The highest BCUT2D eigenvalue weighted by atomic mass is 15.1. The zero-order valence-corrected chi connectivity index (χ0v) is 18.4. The lowest BCUT2D eigenvalue weighted by atomic mass is 9.94. The average molecular weight is 395 g/mol. The molecule has 0 amide bonds. The van der Waals surface area contributed by atoms with Gasteiger partial charge >= 0.3 is 0 Å². The summed E-state index contributed by atoms with van der Waals surface area (Å²) in [5.41, 5.74) is 8.74. The minimum atomic E-state index is 0.891. The lowest BCUT2D eigenvalue weighted by molar-refractivity contribution is 0.768. The van der Waals surface area contributed by atoms with Gasteiger partial charge in [0.25, 0.3) is 0 Å². The maximum atomic E-state index is 5.03. The fourth-order valence-electron chi connectivity index (χ4n) is 4.54. The van der Waals surface area contributed by atoms with E-state index < -0.39 is 0 Å². The second-order valence-corrected chi connectivity index (χ2v) is 8.22. The fourth-order valence-corrected chi connectivity index (χ4v) is 4.54. The van der Waals surface area contributed by atoms with Gasteiger partial charge in [-0.1, -0.05) is 79.2 Å². The summed E-state index contributed by atoms with van der Waals surface area (Å²) >= 11 is 0. The summed E-state index contributed by atoms with van der Waals surface area (Å²) in [6.07, 6.45) is 3.17. The molecule has 4 aromatic rings. The van der Waals surface area contributed by atoms with Crippen LogP contribution in [0.2, 0.25) is 0 Å². The highest BCUT2D eigenvalue weighted by Crippen LogP contribution is 2.36. The first-order valence-electron chi connectivity index (χ1n) is 10.8. The molecule has 1 heterocycles. The topological polar surface area (TPSA) is 16.1 Å². The van der Waals surface area contributed by atoms with Crippen molar-refractivity contribution in [1.82, 2.24) is 4.98 Å². The Hall–Kier alpha value is -3.13. The molecule has 152 valence electrons. The number of pyridine rings is 1. The Morgan fingerprint density at radius 3 is 2.10 bits per heavy atom. The fraction of sp³-hybridized carbons (Fsp3) is 0.250. The first-order valence-corrected chi connectivity index (χ1v) is 10.8. The van der Waals surface area contributed by atoms with Gasteiger partial charge in [-0.05, 0) is 43.9 Å². The van der Waals surface area contributed by atoms with E-state index in [9.17, 15) is 0 Å². The number of fused-ring (bicyclic) bond motifs is 1. The normalized spacial score (nSPS) is 11.1. The summed E-state index contributed by atoms with van der Waals surface area (Å²) < 4.78 is 0. The van der Waals surface area contributed by atoms with Crippen molar-refractivity contribution in [2.45, 2.75) is 40.7 Å². The Kier molecular flexibility index (Phi) is 5.85. The molecule has 2 nitrogen and oxygen atoms in total. The molecule has 1 aromatic heterocycles. The number of nitrogens with zero attached hydrogens (tertiary/aromatic N) is 2. The smallest absolute Gasteiger partial charge is 0.0787 e. The van der Waals surface area contributed by atoms with Gasteiger partial charge in [0.1, 0.15) is 0 Å². The van der Waals surface area contributed by atoms with Crippen molar-refractivity contribution < 1.29 is 0 Å². The van der Waals surface area contributed by atoms with Crippen LogP contribution in [0.1, 0.15) is 35.6 Å². The summed E-state index contributed by atoms with van der Waals surface area (Å²) in [5.74, 6) is 0. The number of benzene rings is 3. The molecular formula is C28H30N2. The zero-order valence-electron chi connectivity index (χ0n) is 18.4. The first kappa shape index (κ1) is 20.2. The standard InChI is InChI=1S/C28H30N2/c1-5-15-30(19-23-11-7-6-8-12-23)26-18-29-28(25-14-10-9-13-24(25)26)27-21(3)16-20(2)17-22(27)4/h6-14,16-18H,5,15,19H2,1-4H3. The van der Waals surface area contributed by atoms with Crippen molar-refractivity contribution in [2.24, 2.45) is 0 Å². The number of hydrogen-bond acceptors (Lipinski definition) is 2. The summed E-state index contributed by atoms with van der Waals surface area (Å²) in [6.45, 7) is 10.7. The maximum absolute atomic E-state index is 5.03. The van der Waals surface area contributed by atoms with Crippen molar-refractivity contribution in [2.75, 3.05) is 11.4 Å². The Balaban J connectivity index is 1.86. The van der Waals surface area contributed by atoms with E-state index in [1.807, 2.05) is 0 Å². The molecular weight excluding hydrogens is 364 g/mol. The van der Waals surface area contributed by atoms with E-state index in [-0.39, 0.29) is 0 Å². The van der Waals surface area contributed by atoms with Crippen molar-refractivity contribution in [3.05, 3.63) is 95.2 Å². The second kappa shape index (κ2) is 8.71. The first-order chi connectivity index (χ1) is 14.6. The maximum Gasteiger partial charge on any atom is 0.0787 e. The van der Waals surface area contributed by atoms with Crippen LogP contribution in [-0.4, -0.2) is 11.5 Å². The van der Waals surface area contributed by atoms with Crippen molar-refractivity contribution in [3.63, 3.8) is 0 Å². The van der Waals surface area contributed by atoms with E-state index >= 15 is 0 Å². The Morgan fingerprint density at radius 1 is 0.800 bits per heavy atom. The van der Waals surface area contributed by atoms with Gasteiger partial charge in [0.05, 0.1) is 17.6 Å². The predicted octanol–water partition coefficient (Wildman–Crippen LogP) is 7.24. The highest BCUT2D eigenvalue weighted by Gasteiger charge is 2.17. The monoisotopic (exact) mass is 394 g/mol. The number of anilines is 1. The minimum Gasteiger partial charge on any atom is -0.365 e. The quantitative estimate of drug-likeness (QED) is 0.342. The summed E-state index contributed by atoms with van der Waals surface area (Å²) in [5, 5.41) is 2.49. The molecule has 0 radical (unpaired) electrons. The minimum absolute atomic E-state index is 0.891. The van der Waals surface area contributed by atoms with Gasteiger partial charge in [0.15, 0.2) is 0 Å². The average Bonchev–Trinajstić information content (AvgIpc) is 2.73. The Morgan fingerprint density at radius 2 is 1.43 bits per heavy atom. The molecule has 0 aliphatic heterocycles. The zero-order chi connectivity index (χ0) is 21.1. The van der Waals surface area contributed by atoms with E-state index in [1.54, 1.807) is 0 Å². The van der Waals surface area contributed by atoms with Crippen LogP contribution < -0.4 is 4.90 Å². The van der Waals surface area contributed by atoms with Crippen LogP contribution in [0.3, 0.4) is 0 Å². The van der Waals surface area contributed by atoms with Gasteiger partial charge in [-0.3, -0.25) is 4.98 Å². The molecule has 0 aliphatic rings. The second-order valence-electron chi connectivity index (χ2n) is 8.22. The molecule has 0 bridgehead atoms. The third-order valence-corrected chi connectivity index (χ3v) is 5.74. The molecule has 0 unspecified atom stereocenters. The van der Waals surface area contributed by atoms with Gasteiger partial charge in [-0.2, -0.15) is 0 Å². The van der Waals surface area contributed by atoms with E-state index in [0.717, 1.165) is 25.2 Å². The van der Waals surface area contributed by atoms with Crippen LogP contribution in [0, 0.1) is 20.8 Å². The molecule has 3 aromatic carbocycles. The lowest BCUT2D eigenvalue weighted by Crippen LogP contribution is -2.24. The number of aromatic nitrogens is 1. The Bertz CT molecular complexity index is 1140. The van der Waals surface area contributed by atoms with Gasteiger partial charge in [0.2, 0.25) is 0 Å². The Labute approximate surface area is 180 Å². The molecule has 0 atom stereocenters. The largest absolute Gasteiger partial charge is 0.365 e. The van der Waals surface area contributed by atoms with Gasteiger partial charge in [-0.15, -0.1) is 0 Å². The summed E-state index contributed by atoms with van der Waals surface area (Å²) in [6, 6.07) is 23.9. The lowest BCUT2D eigenvalue weighted by Gasteiger charge is -2.26. The molecule has 0 aliphatic carbocycles. The van der Waals surface area contributed by atoms with Crippen LogP contribution in [0.4, 0.5) is 5.69 Å². The molecule has 2 heteroatoms. The molecule has 0 saturated heterocycles. The summed E-state index contributed by atoms with van der Waals surface area (Å²) in [7, 11) is 0. The number of rotatable bonds is 6. The number of aryl methyl sites for hydroxylation is 3. The van der Waals surface area contributed by atoms with Crippen molar-refractivity contribution in [1.29, 1.82) is 0 Å². The predicted molar refractivity (Wildman–Crippen MR) is 129 cm³/mol. The van der Waals surface area contributed by atoms with E-state index in [2.05, 4.69) is 106 Å². The van der Waals surface area contributed by atoms with Crippen LogP contribution in [0.25, 0.3) is 22.0 Å². The molecule has 30 heavy (non-hydrogen) atoms. The third kappa shape index (κ3) is 3.95. The molecule has 4 rings (SSSR count). The molecule has 0 fully saturated rings. The van der Waals surface area contributed by atoms with Gasteiger partial charge in [-0.25, -0.2) is 0 Å². The van der Waals surface area contributed by atoms with Crippen LogP contribution >= 0.6 is 0 Å². The molecule has 0 saturated carbocycles. The van der Waals surface area contributed by atoms with E-state index in [1.165, 1.54) is 44.3 Å². The van der Waals surface area contributed by atoms with Crippen LogP contribution in [0.15, 0.2) is 72.9 Å². The molecule has 0 N–H and O–H groups in total. The van der Waals surface area contributed by atoms with Crippen molar-refractivity contribution in [3.8, 4) is 11.3 Å². The SMILES string of the molecule is CCCN(Cc1ccccc1)c1cnc(-c2c(C)cc(C)cc2C)c2ccccc12. The van der Waals surface area contributed by atoms with Gasteiger partial charge < -0.3 is 4.90 Å². The van der Waals surface area contributed by atoms with E-state index in [0.29, 0.717) is 0 Å². The highest BCUT2D eigenvalue weighted by molar-refractivity contribution is 6.02.